The first-order chi connectivity index (χ1) is 4.76. The molecule has 0 aliphatic carbocycles. The van der Waals surface area contributed by atoms with Crippen LogP contribution in [0.3, 0.4) is 0 Å². The maximum Gasteiger partial charge on any atom is 0.193 e. The topological polar surface area (TPSA) is 104 Å². The van der Waals surface area contributed by atoms with Gasteiger partial charge in [0.05, 0.1) is 6.21 Å². The molecular formula is C4H8N4O2. The number of nitrogens with zero attached hydrogens (tertiary/aromatic N) is 3. The Bertz CT molecular complexity index is 184. The molecule has 0 unspecified atom stereocenters. The van der Waals surface area contributed by atoms with Crippen molar-refractivity contribution < 1.29 is 10.4 Å². The fraction of sp³-hybridized carbons (Fsp3) is 0.250. The molecule has 0 rings (SSSR count). The highest BCUT2D eigenvalue weighted by atomic mass is 16.4. The van der Waals surface area contributed by atoms with E-state index in [1.54, 1.807) is 0 Å². The van der Waals surface area contributed by atoms with Crippen LogP contribution in [0.1, 0.15) is 0 Å². The summed E-state index contributed by atoms with van der Waals surface area (Å²) in [5, 5.41) is 21.5. The molecule has 0 saturated carbocycles. The van der Waals surface area contributed by atoms with Crippen LogP contribution in [-0.4, -0.2) is 35.2 Å². The second kappa shape index (κ2) is 4.30. The lowest BCUT2D eigenvalue weighted by atomic mass is 10.4. The van der Waals surface area contributed by atoms with Gasteiger partial charge in [-0.15, -0.1) is 0 Å². The maximum atomic E-state index is 8.18. The molecule has 4 N–H and O–H groups in total. The van der Waals surface area contributed by atoms with E-state index in [9.17, 15) is 0 Å². The summed E-state index contributed by atoms with van der Waals surface area (Å²) >= 11 is 0. The van der Waals surface area contributed by atoms with Gasteiger partial charge in [-0.2, -0.15) is 0 Å². The van der Waals surface area contributed by atoms with Crippen LogP contribution in [0.25, 0.3) is 0 Å². The number of hydrogen-bond donors (Lipinski definition) is 3. The van der Waals surface area contributed by atoms with Crippen LogP contribution in [0.5, 0.6) is 0 Å². The van der Waals surface area contributed by atoms with E-state index < -0.39 is 0 Å². The maximum absolute atomic E-state index is 8.18. The molecule has 0 aromatic carbocycles. The van der Waals surface area contributed by atoms with Crippen molar-refractivity contribution in [3.63, 3.8) is 0 Å². The van der Waals surface area contributed by atoms with Crippen LogP contribution >= 0.6 is 0 Å². The van der Waals surface area contributed by atoms with Gasteiger partial charge in [0, 0.05) is 7.05 Å². The molecule has 0 aromatic heterocycles. The predicted molar refractivity (Wildman–Crippen MR) is 37.0 cm³/mol. The van der Waals surface area contributed by atoms with Gasteiger partial charge < -0.3 is 16.1 Å². The van der Waals surface area contributed by atoms with E-state index in [1.807, 2.05) is 0 Å². The molecule has 0 radical (unpaired) electrons. The molecule has 56 valence electrons. The summed E-state index contributed by atoms with van der Waals surface area (Å²) in [5.74, 6) is -0.284. The normalized spacial score (nSPS) is 14.5. The highest BCUT2D eigenvalue weighted by Gasteiger charge is 2.00. The summed E-state index contributed by atoms with van der Waals surface area (Å²) in [6, 6.07) is 0. The van der Waals surface area contributed by atoms with E-state index in [-0.39, 0.29) is 11.5 Å². The van der Waals surface area contributed by atoms with Crippen LogP contribution < -0.4 is 5.73 Å². The standard InChI is InChI=1S/C4H8N4O2/c1-6-2-3(7-9)4(5)8-10/h2,9-10H,1H3,(H2,5,8)/b6-2?,7-3+. The Hall–Kier alpha value is -1.59. The minimum atomic E-state index is -0.284. The third-order valence-corrected chi connectivity index (χ3v) is 0.729. The molecule has 0 spiro atoms. The van der Waals surface area contributed by atoms with Gasteiger partial charge in [-0.25, -0.2) is 0 Å². The van der Waals surface area contributed by atoms with Gasteiger partial charge in [0.15, 0.2) is 11.5 Å². The Morgan fingerprint density at radius 2 is 2.00 bits per heavy atom. The molecule has 0 aromatic rings. The minimum Gasteiger partial charge on any atom is -0.410 e. The first kappa shape index (κ1) is 8.41. The molecule has 0 amide bonds. The number of aliphatic imine (C=N–C) groups is 1. The van der Waals surface area contributed by atoms with Gasteiger partial charge in [-0.05, 0) is 0 Å². The summed E-state index contributed by atoms with van der Waals surface area (Å²) in [4.78, 5) is 3.49. The monoisotopic (exact) mass is 144 g/mol. The second-order valence-electron chi connectivity index (χ2n) is 1.36. The molecule has 0 atom stereocenters. The number of amidine groups is 1. The lowest BCUT2D eigenvalue weighted by Crippen LogP contribution is -2.24. The van der Waals surface area contributed by atoms with Crippen molar-refractivity contribution in [3.8, 4) is 0 Å². The van der Waals surface area contributed by atoms with E-state index in [2.05, 4.69) is 15.3 Å². The van der Waals surface area contributed by atoms with Gasteiger partial charge in [-0.1, -0.05) is 10.3 Å². The lowest BCUT2D eigenvalue weighted by Gasteiger charge is -1.91. The van der Waals surface area contributed by atoms with Crippen molar-refractivity contribution in [2.45, 2.75) is 0 Å². The molecule has 10 heavy (non-hydrogen) atoms. The van der Waals surface area contributed by atoms with Gasteiger partial charge in [0.2, 0.25) is 0 Å². The SMILES string of the molecule is CN=CC(=N\O)/C(N)=N/O. The highest BCUT2D eigenvalue weighted by molar-refractivity contribution is 6.61. The Labute approximate surface area is 57.4 Å². The van der Waals surface area contributed by atoms with Crippen LogP contribution in [-0.2, 0) is 0 Å². The van der Waals surface area contributed by atoms with Crippen molar-refractivity contribution in [2.24, 2.45) is 21.0 Å². The quantitative estimate of drug-likeness (QED) is 0.206. The molecule has 0 fully saturated rings. The Morgan fingerprint density at radius 3 is 2.30 bits per heavy atom. The fourth-order valence-electron chi connectivity index (χ4n) is 0.317. The minimum absolute atomic E-state index is 0.0787. The van der Waals surface area contributed by atoms with Crippen molar-refractivity contribution >= 4 is 17.8 Å². The number of oxime groups is 2. The lowest BCUT2D eigenvalue weighted by molar-refractivity contribution is 0.314. The van der Waals surface area contributed by atoms with Crippen molar-refractivity contribution in [1.82, 2.24) is 0 Å². The first-order valence-electron chi connectivity index (χ1n) is 2.38. The highest BCUT2D eigenvalue weighted by Crippen LogP contribution is 1.73. The number of rotatable bonds is 2. The summed E-state index contributed by atoms with van der Waals surface area (Å²) < 4.78 is 0. The largest absolute Gasteiger partial charge is 0.410 e. The van der Waals surface area contributed by atoms with Crippen LogP contribution in [0.4, 0.5) is 0 Å². The molecule has 6 heteroatoms. The molecule has 0 bridgehead atoms. The van der Waals surface area contributed by atoms with E-state index in [0.717, 1.165) is 6.21 Å². The molecular weight excluding hydrogens is 136 g/mol. The molecule has 0 saturated heterocycles. The average molecular weight is 144 g/mol. The fourth-order valence-corrected chi connectivity index (χ4v) is 0.317. The van der Waals surface area contributed by atoms with E-state index in [0.29, 0.717) is 0 Å². The van der Waals surface area contributed by atoms with Crippen LogP contribution in [0.2, 0.25) is 0 Å². The molecule has 0 aliphatic rings. The summed E-state index contributed by atoms with van der Waals surface area (Å²) in [7, 11) is 1.47. The number of hydrogen-bond acceptors (Lipinski definition) is 5. The smallest absolute Gasteiger partial charge is 0.193 e. The zero-order valence-corrected chi connectivity index (χ0v) is 5.39. The zero-order chi connectivity index (χ0) is 7.98. The first-order valence-corrected chi connectivity index (χ1v) is 2.38. The Morgan fingerprint density at radius 1 is 1.40 bits per heavy atom. The summed E-state index contributed by atoms with van der Waals surface area (Å²) in [5.41, 5.74) is 4.95. The molecule has 0 heterocycles. The van der Waals surface area contributed by atoms with E-state index >= 15 is 0 Å². The van der Waals surface area contributed by atoms with E-state index in [4.69, 9.17) is 16.1 Å². The Balaban J connectivity index is 4.39. The predicted octanol–water partition coefficient (Wildman–Crippen LogP) is -0.736. The van der Waals surface area contributed by atoms with Crippen LogP contribution in [0.15, 0.2) is 15.3 Å². The van der Waals surface area contributed by atoms with Gasteiger partial charge in [0.25, 0.3) is 0 Å². The third-order valence-electron chi connectivity index (χ3n) is 0.729. The van der Waals surface area contributed by atoms with Gasteiger partial charge in [-0.3, -0.25) is 4.99 Å². The van der Waals surface area contributed by atoms with Crippen molar-refractivity contribution in [1.29, 1.82) is 0 Å². The molecule has 0 aliphatic heterocycles. The Kier molecular flexibility index (Phi) is 3.62. The van der Waals surface area contributed by atoms with Crippen molar-refractivity contribution in [2.75, 3.05) is 7.05 Å². The van der Waals surface area contributed by atoms with E-state index in [1.165, 1.54) is 7.05 Å². The zero-order valence-electron chi connectivity index (χ0n) is 5.39. The van der Waals surface area contributed by atoms with Gasteiger partial charge >= 0.3 is 0 Å². The van der Waals surface area contributed by atoms with Gasteiger partial charge in [0.1, 0.15) is 0 Å². The summed E-state index contributed by atoms with van der Waals surface area (Å²) in [6.45, 7) is 0. The second-order valence-corrected chi connectivity index (χ2v) is 1.36. The molecule has 6 nitrogen and oxygen atoms in total. The van der Waals surface area contributed by atoms with Crippen molar-refractivity contribution in [3.05, 3.63) is 0 Å². The number of nitrogens with two attached hydrogens (primary N) is 1. The van der Waals surface area contributed by atoms with Crippen LogP contribution in [0, 0.1) is 0 Å². The average Bonchev–Trinajstić information content (AvgIpc) is 1.99. The summed E-state index contributed by atoms with van der Waals surface area (Å²) in [6.07, 6.45) is 1.16. The third kappa shape index (κ3) is 2.12.